The molecule has 0 aliphatic heterocycles. The maximum absolute atomic E-state index is 13.1. The summed E-state index contributed by atoms with van der Waals surface area (Å²) in [6.45, 7) is 6.28. The first-order valence-corrected chi connectivity index (χ1v) is 12.3. The molecule has 0 saturated heterocycles. The van der Waals surface area contributed by atoms with Crippen molar-refractivity contribution in [2.45, 2.75) is 63.3 Å². The van der Waals surface area contributed by atoms with E-state index < -0.39 is 10.0 Å². The molecule has 1 aliphatic carbocycles. The van der Waals surface area contributed by atoms with Crippen LogP contribution in [0.3, 0.4) is 0 Å². The van der Waals surface area contributed by atoms with E-state index in [1.807, 2.05) is 24.3 Å². The third kappa shape index (κ3) is 5.66. The maximum atomic E-state index is 13.1. The number of hydrogen-bond acceptors (Lipinski definition) is 4. The number of ether oxygens (including phenoxy) is 1. The fourth-order valence-corrected chi connectivity index (χ4v) is 5.51. The number of methoxy groups -OCH3 is 1. The molecule has 1 aliphatic rings. The summed E-state index contributed by atoms with van der Waals surface area (Å²) in [5, 5.41) is 2.83. The zero-order valence-electron chi connectivity index (χ0n) is 18.6. The Balaban J connectivity index is 1.82. The number of carbonyl (C=O) groups is 1. The first kappa shape index (κ1) is 23.3. The van der Waals surface area contributed by atoms with Crippen molar-refractivity contribution in [3.05, 3.63) is 53.6 Å². The van der Waals surface area contributed by atoms with Gasteiger partial charge in [0, 0.05) is 17.3 Å². The zero-order chi connectivity index (χ0) is 22.6. The van der Waals surface area contributed by atoms with Crippen LogP contribution in [0.15, 0.2) is 47.4 Å². The molecule has 0 radical (unpaired) electrons. The average molecular weight is 445 g/mol. The molecule has 168 valence electrons. The molecule has 2 aromatic carbocycles. The molecule has 1 amide bonds. The Morgan fingerprint density at radius 1 is 1.06 bits per heavy atom. The molecule has 0 spiro atoms. The molecule has 2 N–H and O–H groups in total. The molecule has 6 nitrogen and oxygen atoms in total. The predicted molar refractivity (Wildman–Crippen MR) is 123 cm³/mol. The van der Waals surface area contributed by atoms with E-state index in [9.17, 15) is 13.2 Å². The number of anilines is 1. The summed E-state index contributed by atoms with van der Waals surface area (Å²) in [5.74, 6) is 0.518. The van der Waals surface area contributed by atoms with Crippen LogP contribution in [0.25, 0.3) is 0 Å². The number of amides is 1. The smallest absolute Gasteiger partial charge is 0.255 e. The monoisotopic (exact) mass is 444 g/mol. The molecule has 2 aromatic rings. The van der Waals surface area contributed by atoms with E-state index in [0.29, 0.717) is 11.6 Å². The largest absolute Gasteiger partial charge is 0.495 e. The van der Waals surface area contributed by atoms with Crippen LogP contribution in [0.5, 0.6) is 5.75 Å². The van der Waals surface area contributed by atoms with Gasteiger partial charge in [0.05, 0.1) is 7.11 Å². The zero-order valence-corrected chi connectivity index (χ0v) is 19.5. The van der Waals surface area contributed by atoms with Crippen LogP contribution in [0, 0.1) is 5.92 Å². The summed E-state index contributed by atoms with van der Waals surface area (Å²) in [4.78, 5) is 12.8. The number of sulfonamides is 1. The lowest BCUT2D eigenvalue weighted by molar-refractivity contribution is 0.102. The minimum absolute atomic E-state index is 0.0180. The Bertz CT molecular complexity index is 1020. The van der Waals surface area contributed by atoms with E-state index in [1.165, 1.54) is 24.8 Å². The minimum Gasteiger partial charge on any atom is -0.495 e. The fourth-order valence-electron chi connectivity index (χ4n) is 3.94. The summed E-state index contributed by atoms with van der Waals surface area (Å²) >= 11 is 0. The van der Waals surface area contributed by atoms with Gasteiger partial charge in [0.1, 0.15) is 10.6 Å². The van der Waals surface area contributed by atoms with Crippen LogP contribution in [-0.4, -0.2) is 27.5 Å². The normalized spacial score (nSPS) is 19.3. The van der Waals surface area contributed by atoms with Crippen molar-refractivity contribution < 1.29 is 17.9 Å². The number of rotatable bonds is 7. The first-order valence-electron chi connectivity index (χ1n) is 10.8. The van der Waals surface area contributed by atoms with Crippen molar-refractivity contribution in [1.82, 2.24) is 4.72 Å². The Labute approximate surface area is 185 Å². The standard InChI is InChI=1S/C24H32N2O4S/c1-16(2)18-9-12-20(13-10-18)25-24(27)19-11-14-22(30-4)23(15-19)31(28,29)26-21-8-6-5-7-17(21)3/h9-17,21,26H,5-8H2,1-4H3,(H,25,27)/t17-,21-/m0/s1. The summed E-state index contributed by atoms with van der Waals surface area (Å²) < 4.78 is 34.4. The van der Waals surface area contributed by atoms with Crippen LogP contribution >= 0.6 is 0 Å². The van der Waals surface area contributed by atoms with Gasteiger partial charge in [-0.05, 0) is 60.6 Å². The molecule has 0 bridgehead atoms. The maximum Gasteiger partial charge on any atom is 0.255 e. The Morgan fingerprint density at radius 2 is 1.74 bits per heavy atom. The van der Waals surface area contributed by atoms with Crippen molar-refractivity contribution in [2.75, 3.05) is 12.4 Å². The van der Waals surface area contributed by atoms with Crippen LogP contribution in [-0.2, 0) is 10.0 Å². The second kappa shape index (κ2) is 9.83. The fraction of sp³-hybridized carbons (Fsp3) is 0.458. The lowest BCUT2D eigenvalue weighted by atomic mass is 9.87. The molecule has 0 unspecified atom stereocenters. The SMILES string of the molecule is COc1ccc(C(=O)Nc2ccc(C(C)C)cc2)cc1S(=O)(=O)N[C@H]1CCCC[C@@H]1C. The van der Waals surface area contributed by atoms with Gasteiger partial charge in [0.2, 0.25) is 10.0 Å². The van der Waals surface area contributed by atoms with Gasteiger partial charge in [0.15, 0.2) is 0 Å². The highest BCUT2D eigenvalue weighted by atomic mass is 32.2. The number of hydrogen-bond donors (Lipinski definition) is 2. The van der Waals surface area contributed by atoms with Gasteiger partial charge in [-0.2, -0.15) is 0 Å². The Hall–Kier alpha value is -2.38. The quantitative estimate of drug-likeness (QED) is 0.634. The Kier molecular flexibility index (Phi) is 7.38. The van der Waals surface area contributed by atoms with E-state index in [4.69, 9.17) is 4.74 Å². The van der Waals surface area contributed by atoms with Crippen LogP contribution in [0.2, 0.25) is 0 Å². The summed E-state index contributed by atoms with van der Waals surface area (Å²) in [6, 6.07) is 12.0. The van der Waals surface area contributed by atoms with Gasteiger partial charge >= 0.3 is 0 Å². The summed E-state index contributed by atoms with van der Waals surface area (Å²) in [7, 11) is -2.41. The van der Waals surface area contributed by atoms with Crippen molar-refractivity contribution in [3.8, 4) is 5.75 Å². The van der Waals surface area contributed by atoms with E-state index in [-0.39, 0.29) is 34.1 Å². The third-order valence-corrected chi connectivity index (χ3v) is 7.48. The molecule has 2 atom stereocenters. The summed E-state index contributed by atoms with van der Waals surface area (Å²) in [5.41, 5.74) is 2.09. The van der Waals surface area contributed by atoms with Gasteiger partial charge in [-0.15, -0.1) is 0 Å². The molecule has 3 rings (SSSR count). The highest BCUT2D eigenvalue weighted by Crippen LogP contribution is 2.29. The molecule has 0 aromatic heterocycles. The molecule has 7 heteroatoms. The van der Waals surface area contributed by atoms with Crippen molar-refractivity contribution in [3.63, 3.8) is 0 Å². The van der Waals surface area contributed by atoms with Crippen LogP contribution in [0.4, 0.5) is 5.69 Å². The average Bonchev–Trinajstić information content (AvgIpc) is 2.75. The molecular formula is C24H32N2O4S. The van der Waals surface area contributed by atoms with Crippen molar-refractivity contribution in [2.24, 2.45) is 5.92 Å². The number of nitrogens with one attached hydrogen (secondary N) is 2. The second-order valence-corrected chi connectivity index (χ2v) is 10.3. The van der Waals surface area contributed by atoms with Gasteiger partial charge in [-0.25, -0.2) is 13.1 Å². The number of carbonyl (C=O) groups excluding carboxylic acids is 1. The third-order valence-electron chi connectivity index (χ3n) is 5.97. The second-order valence-electron chi connectivity index (χ2n) is 8.59. The van der Waals surface area contributed by atoms with E-state index in [2.05, 4.69) is 30.8 Å². The molecule has 1 fully saturated rings. The molecule has 31 heavy (non-hydrogen) atoms. The number of benzene rings is 2. The molecular weight excluding hydrogens is 412 g/mol. The van der Waals surface area contributed by atoms with Gasteiger partial charge in [-0.3, -0.25) is 4.79 Å². The van der Waals surface area contributed by atoms with Crippen LogP contribution in [0.1, 0.15) is 68.3 Å². The minimum atomic E-state index is -3.83. The highest BCUT2D eigenvalue weighted by molar-refractivity contribution is 7.89. The predicted octanol–water partition coefficient (Wildman–Crippen LogP) is 4.93. The summed E-state index contributed by atoms with van der Waals surface area (Å²) in [6.07, 6.45) is 3.95. The van der Waals surface area contributed by atoms with E-state index >= 15 is 0 Å². The van der Waals surface area contributed by atoms with Crippen LogP contribution < -0.4 is 14.8 Å². The topological polar surface area (TPSA) is 84.5 Å². The van der Waals surface area contributed by atoms with Crippen molar-refractivity contribution >= 4 is 21.6 Å². The molecule has 1 saturated carbocycles. The van der Waals surface area contributed by atoms with Gasteiger partial charge in [0.25, 0.3) is 5.91 Å². The van der Waals surface area contributed by atoms with Gasteiger partial charge in [-0.1, -0.05) is 45.7 Å². The van der Waals surface area contributed by atoms with E-state index in [1.54, 1.807) is 6.07 Å². The first-order chi connectivity index (χ1) is 14.7. The lowest BCUT2D eigenvalue weighted by Gasteiger charge is -2.29. The van der Waals surface area contributed by atoms with Crippen molar-refractivity contribution in [1.29, 1.82) is 0 Å². The highest BCUT2D eigenvalue weighted by Gasteiger charge is 2.29. The van der Waals surface area contributed by atoms with Gasteiger partial charge < -0.3 is 10.1 Å². The molecule has 0 heterocycles. The lowest BCUT2D eigenvalue weighted by Crippen LogP contribution is -2.41. The van der Waals surface area contributed by atoms with E-state index in [0.717, 1.165) is 25.7 Å². The Morgan fingerprint density at radius 3 is 2.35 bits per heavy atom.